The summed E-state index contributed by atoms with van der Waals surface area (Å²) in [5.74, 6) is -0.0519. The van der Waals surface area contributed by atoms with Crippen molar-refractivity contribution in [3.8, 4) is 11.8 Å². The van der Waals surface area contributed by atoms with Crippen molar-refractivity contribution in [2.45, 2.75) is 37.5 Å². The number of hydrogen-bond donors (Lipinski definition) is 0. The first kappa shape index (κ1) is 28.2. The van der Waals surface area contributed by atoms with Crippen LogP contribution in [0.25, 0.3) is 5.57 Å². The summed E-state index contributed by atoms with van der Waals surface area (Å²) in [6, 6.07) is 18.0. The van der Waals surface area contributed by atoms with Gasteiger partial charge in [-0.15, -0.1) is 0 Å². The second-order valence-electron chi connectivity index (χ2n) is 8.80. The van der Waals surface area contributed by atoms with Crippen molar-refractivity contribution >= 4 is 42.6 Å². The fraction of sp³-hybridized carbons (Fsp3) is 0.143. The zero-order valence-electron chi connectivity index (χ0n) is 21.5. The Morgan fingerprint density at radius 1 is 0.846 bits per heavy atom. The molecular formula is C28H24N2O6S3. The molecule has 3 aromatic rings. The van der Waals surface area contributed by atoms with Gasteiger partial charge in [-0.25, -0.2) is 0 Å². The summed E-state index contributed by atoms with van der Waals surface area (Å²) >= 11 is 1.11. The molecule has 0 saturated heterocycles. The van der Waals surface area contributed by atoms with Crippen LogP contribution in [0.3, 0.4) is 0 Å². The number of rotatable bonds is 7. The van der Waals surface area contributed by atoms with E-state index in [1.807, 2.05) is 38.1 Å². The number of oxime groups is 1. The van der Waals surface area contributed by atoms with Crippen LogP contribution >= 0.6 is 11.8 Å². The quantitative estimate of drug-likeness (QED) is 0.191. The number of aryl methyl sites for hydroxylation is 4. The number of hydrogen-bond acceptors (Lipinski definition) is 9. The highest BCUT2D eigenvalue weighted by atomic mass is 32.2. The van der Waals surface area contributed by atoms with Crippen molar-refractivity contribution in [3.63, 3.8) is 0 Å². The largest absolute Gasteiger partial charge is 0.379 e. The molecular weight excluding hydrogens is 557 g/mol. The smallest absolute Gasteiger partial charge is 0.358 e. The Hall–Kier alpha value is -3.85. The van der Waals surface area contributed by atoms with E-state index in [1.165, 1.54) is 24.3 Å². The third-order valence-electron chi connectivity index (χ3n) is 5.76. The summed E-state index contributed by atoms with van der Waals surface area (Å²) in [5.41, 5.74) is 4.19. The van der Waals surface area contributed by atoms with Gasteiger partial charge in [-0.2, -0.15) is 22.1 Å². The summed E-state index contributed by atoms with van der Waals surface area (Å²) in [6.45, 7) is 7.14. The van der Waals surface area contributed by atoms with Gasteiger partial charge in [-0.3, -0.25) is 4.28 Å². The maximum Gasteiger partial charge on any atom is 0.358 e. The molecule has 8 nitrogen and oxygen atoms in total. The molecule has 0 fully saturated rings. The SMILES string of the molecule is Cc1cc(C)c(S(=O)(=O)Oc2ccc(S(=O)(=O)ON=C3C=CC(=C(C#N)c4ccccc4C)S3)cc2)c(C)c1. The summed E-state index contributed by atoms with van der Waals surface area (Å²) in [6.07, 6.45) is 3.23. The fourth-order valence-corrected chi connectivity index (χ4v) is 7.10. The number of allylic oxidation sites excluding steroid dienone is 2. The first-order valence-electron chi connectivity index (χ1n) is 11.6. The van der Waals surface area contributed by atoms with Gasteiger partial charge in [0.15, 0.2) is 0 Å². The average Bonchev–Trinajstić information content (AvgIpc) is 3.32. The van der Waals surface area contributed by atoms with E-state index in [0.29, 0.717) is 21.6 Å². The average molecular weight is 581 g/mol. The standard InChI is InChI=1S/C28H24N2O6S3/c1-18-15-20(3)28(21(4)16-18)39(33,34)35-22-9-11-23(12-10-22)38(31,32)36-30-27-14-13-26(37-27)25(17-29)24-8-6-5-7-19(24)2/h5-16H,1-4H3. The van der Waals surface area contributed by atoms with Gasteiger partial charge in [0.1, 0.15) is 26.7 Å². The van der Waals surface area contributed by atoms with E-state index in [-0.39, 0.29) is 20.6 Å². The molecule has 0 spiro atoms. The highest BCUT2D eigenvalue weighted by Crippen LogP contribution is 2.35. The minimum Gasteiger partial charge on any atom is -0.379 e. The predicted molar refractivity (Wildman–Crippen MR) is 151 cm³/mol. The molecule has 1 aliphatic rings. The van der Waals surface area contributed by atoms with Crippen molar-refractivity contribution < 1.29 is 25.3 Å². The molecule has 4 rings (SSSR count). The van der Waals surface area contributed by atoms with Crippen LogP contribution in [0.4, 0.5) is 0 Å². The Bertz CT molecular complexity index is 1780. The third-order valence-corrected chi connectivity index (χ3v) is 9.42. The predicted octanol–water partition coefficient (Wildman–Crippen LogP) is 5.94. The van der Waals surface area contributed by atoms with Crippen molar-refractivity contribution in [2.24, 2.45) is 5.16 Å². The molecule has 0 aromatic heterocycles. The summed E-state index contributed by atoms with van der Waals surface area (Å²) in [5, 5.41) is 13.7. The van der Waals surface area contributed by atoms with E-state index in [9.17, 15) is 22.1 Å². The van der Waals surface area contributed by atoms with Gasteiger partial charge in [0.25, 0.3) is 0 Å². The van der Waals surface area contributed by atoms with Crippen LogP contribution in [0.1, 0.15) is 27.8 Å². The highest BCUT2D eigenvalue weighted by Gasteiger charge is 2.24. The molecule has 0 aliphatic carbocycles. The lowest BCUT2D eigenvalue weighted by Gasteiger charge is -2.13. The van der Waals surface area contributed by atoms with Crippen LogP contribution in [0.15, 0.2) is 92.7 Å². The van der Waals surface area contributed by atoms with Gasteiger partial charge in [0.2, 0.25) is 0 Å². The van der Waals surface area contributed by atoms with Gasteiger partial charge >= 0.3 is 20.2 Å². The molecule has 1 aliphatic heterocycles. The zero-order valence-corrected chi connectivity index (χ0v) is 23.9. The summed E-state index contributed by atoms with van der Waals surface area (Å²) < 4.78 is 61.2. The van der Waals surface area contributed by atoms with E-state index in [2.05, 4.69) is 11.2 Å². The molecule has 3 aromatic carbocycles. The molecule has 0 radical (unpaired) electrons. The normalized spacial score (nSPS) is 15.7. The Morgan fingerprint density at radius 3 is 2.10 bits per heavy atom. The van der Waals surface area contributed by atoms with Crippen molar-refractivity contribution in [1.82, 2.24) is 0 Å². The molecule has 39 heavy (non-hydrogen) atoms. The minimum atomic E-state index is -4.30. The van der Waals surface area contributed by atoms with Gasteiger partial charge in [0.05, 0.1) is 5.57 Å². The van der Waals surface area contributed by atoms with Crippen LogP contribution in [-0.2, 0) is 24.5 Å². The van der Waals surface area contributed by atoms with Gasteiger partial charge in [-0.1, -0.05) is 58.9 Å². The summed E-state index contributed by atoms with van der Waals surface area (Å²) in [4.78, 5) is 0.453. The topological polar surface area (TPSA) is 123 Å². The van der Waals surface area contributed by atoms with Gasteiger partial charge < -0.3 is 4.18 Å². The molecule has 200 valence electrons. The van der Waals surface area contributed by atoms with E-state index in [0.717, 1.165) is 28.5 Å². The fourth-order valence-electron chi connectivity index (χ4n) is 4.13. The molecule has 0 atom stereocenters. The highest BCUT2D eigenvalue weighted by molar-refractivity contribution is 8.18. The van der Waals surface area contributed by atoms with Crippen LogP contribution in [-0.4, -0.2) is 21.9 Å². The van der Waals surface area contributed by atoms with E-state index in [4.69, 9.17) is 8.47 Å². The number of nitrogens with zero attached hydrogens (tertiary/aromatic N) is 2. The van der Waals surface area contributed by atoms with Crippen LogP contribution < -0.4 is 4.18 Å². The number of benzene rings is 3. The Morgan fingerprint density at radius 2 is 1.49 bits per heavy atom. The first-order chi connectivity index (χ1) is 18.4. The molecule has 0 saturated carbocycles. The molecule has 1 heterocycles. The Labute approximate surface area is 232 Å². The Kier molecular flexibility index (Phi) is 8.02. The lowest BCUT2D eigenvalue weighted by atomic mass is 10.0. The molecule has 11 heteroatoms. The Balaban J connectivity index is 1.48. The van der Waals surface area contributed by atoms with Crippen LogP contribution in [0.5, 0.6) is 5.75 Å². The van der Waals surface area contributed by atoms with E-state index in [1.54, 1.807) is 38.1 Å². The number of nitriles is 1. The second kappa shape index (κ2) is 11.1. The second-order valence-corrected chi connectivity index (χ2v) is 12.9. The van der Waals surface area contributed by atoms with Crippen molar-refractivity contribution in [3.05, 3.63) is 106 Å². The van der Waals surface area contributed by atoms with Gasteiger partial charge in [0, 0.05) is 4.91 Å². The van der Waals surface area contributed by atoms with E-state index >= 15 is 0 Å². The lowest BCUT2D eigenvalue weighted by molar-refractivity contribution is 0.340. The third kappa shape index (κ3) is 6.25. The molecule has 0 N–H and O–H groups in total. The maximum absolute atomic E-state index is 12.9. The van der Waals surface area contributed by atoms with Gasteiger partial charge in [-0.05, 0) is 86.4 Å². The van der Waals surface area contributed by atoms with Crippen molar-refractivity contribution in [2.75, 3.05) is 0 Å². The molecule has 0 bridgehead atoms. The van der Waals surface area contributed by atoms with Crippen molar-refractivity contribution in [1.29, 1.82) is 5.26 Å². The van der Waals surface area contributed by atoms with Crippen LogP contribution in [0, 0.1) is 39.0 Å². The molecule has 0 unspecified atom stereocenters. The van der Waals surface area contributed by atoms with E-state index < -0.39 is 20.2 Å². The number of thioether (sulfide) groups is 1. The zero-order chi connectivity index (χ0) is 28.4. The maximum atomic E-state index is 12.9. The first-order valence-corrected chi connectivity index (χ1v) is 15.2. The minimum absolute atomic E-state index is 0.0519. The van der Waals surface area contributed by atoms with Crippen LogP contribution in [0.2, 0.25) is 0 Å². The lowest BCUT2D eigenvalue weighted by Crippen LogP contribution is -2.13. The summed E-state index contributed by atoms with van der Waals surface area (Å²) in [7, 11) is -8.44. The molecule has 0 amide bonds. The monoisotopic (exact) mass is 580 g/mol.